The molecule has 0 amide bonds. The average Bonchev–Trinajstić information content (AvgIpc) is 2.88. The molecule has 1 aliphatic rings. The lowest BCUT2D eigenvalue weighted by Gasteiger charge is -2.21. The molecule has 5 heteroatoms. The van der Waals surface area contributed by atoms with Crippen LogP contribution in [0, 0.1) is 0 Å². The number of nitrogens with two attached hydrogens (primary N) is 1. The number of pyridine rings is 1. The van der Waals surface area contributed by atoms with E-state index in [4.69, 9.17) is 15.2 Å². The highest BCUT2D eigenvalue weighted by atomic mass is 16.7. The van der Waals surface area contributed by atoms with Crippen LogP contribution in [0.4, 0.5) is 5.82 Å². The van der Waals surface area contributed by atoms with Crippen molar-refractivity contribution in [1.29, 1.82) is 0 Å². The predicted octanol–water partition coefficient (Wildman–Crippen LogP) is 2.14. The van der Waals surface area contributed by atoms with Gasteiger partial charge in [0.2, 0.25) is 6.79 Å². The van der Waals surface area contributed by atoms with Crippen molar-refractivity contribution >= 4 is 16.6 Å². The van der Waals surface area contributed by atoms with E-state index in [2.05, 4.69) is 9.88 Å². The number of fused-ring (bicyclic) bond motifs is 2. The highest BCUT2D eigenvalue weighted by Crippen LogP contribution is 2.38. The molecular formula is C15H19N3O2. The van der Waals surface area contributed by atoms with Gasteiger partial charge in [0.25, 0.3) is 0 Å². The van der Waals surface area contributed by atoms with Crippen LogP contribution in [0.1, 0.15) is 13.3 Å². The number of hydrogen-bond acceptors (Lipinski definition) is 5. The molecule has 20 heavy (non-hydrogen) atoms. The van der Waals surface area contributed by atoms with Crippen LogP contribution in [-0.2, 0) is 0 Å². The van der Waals surface area contributed by atoms with Gasteiger partial charge in [0.15, 0.2) is 11.5 Å². The Hall–Kier alpha value is -2.01. The van der Waals surface area contributed by atoms with E-state index in [-0.39, 0.29) is 12.8 Å². The Bertz CT molecular complexity index is 628. The van der Waals surface area contributed by atoms with E-state index in [1.54, 1.807) is 0 Å². The molecule has 0 bridgehead atoms. The highest BCUT2D eigenvalue weighted by Gasteiger charge is 2.17. The summed E-state index contributed by atoms with van der Waals surface area (Å²) < 4.78 is 10.9. The molecule has 5 nitrogen and oxygen atoms in total. The van der Waals surface area contributed by atoms with E-state index in [1.165, 1.54) is 0 Å². The van der Waals surface area contributed by atoms with Crippen molar-refractivity contribution in [1.82, 2.24) is 4.98 Å². The topological polar surface area (TPSA) is 60.6 Å². The number of benzene rings is 1. The molecule has 3 rings (SSSR count). The molecule has 1 unspecified atom stereocenters. The molecule has 0 spiro atoms. The summed E-state index contributed by atoms with van der Waals surface area (Å²) in [5, 5.41) is 2.18. The maximum absolute atomic E-state index is 5.82. The van der Waals surface area contributed by atoms with Gasteiger partial charge in [0.1, 0.15) is 5.82 Å². The molecule has 2 aromatic rings. The molecule has 1 atom stereocenters. The Balaban J connectivity index is 1.98. The molecule has 106 valence electrons. The highest BCUT2D eigenvalue weighted by molar-refractivity contribution is 5.94. The van der Waals surface area contributed by atoms with Crippen molar-refractivity contribution in [2.24, 2.45) is 5.73 Å². The third kappa shape index (κ3) is 2.36. The summed E-state index contributed by atoms with van der Waals surface area (Å²) in [5.74, 6) is 2.53. The third-order valence-corrected chi connectivity index (χ3v) is 3.52. The predicted molar refractivity (Wildman–Crippen MR) is 79.4 cm³/mol. The molecular weight excluding hydrogens is 254 g/mol. The smallest absolute Gasteiger partial charge is 0.231 e. The fourth-order valence-electron chi connectivity index (χ4n) is 2.35. The van der Waals surface area contributed by atoms with Crippen LogP contribution in [0.5, 0.6) is 11.5 Å². The zero-order valence-corrected chi connectivity index (χ0v) is 11.8. The van der Waals surface area contributed by atoms with Crippen LogP contribution in [0.2, 0.25) is 0 Å². The van der Waals surface area contributed by atoms with Crippen LogP contribution in [-0.4, -0.2) is 31.4 Å². The van der Waals surface area contributed by atoms with Crippen molar-refractivity contribution in [2.75, 3.05) is 25.3 Å². The van der Waals surface area contributed by atoms with Gasteiger partial charge in [0.05, 0.1) is 0 Å². The molecule has 0 saturated carbocycles. The maximum Gasteiger partial charge on any atom is 0.231 e. The summed E-state index contributed by atoms with van der Waals surface area (Å²) in [6, 6.07) is 6.18. The second-order valence-electron chi connectivity index (χ2n) is 5.25. The Morgan fingerprint density at radius 2 is 2.10 bits per heavy atom. The lowest BCUT2D eigenvalue weighted by atomic mass is 10.1. The Labute approximate surface area is 118 Å². The minimum atomic E-state index is 0.188. The fraction of sp³-hybridized carbons (Fsp3) is 0.400. The molecule has 0 fully saturated rings. The van der Waals surface area contributed by atoms with Crippen molar-refractivity contribution in [3.63, 3.8) is 0 Å². The summed E-state index contributed by atoms with van der Waals surface area (Å²) >= 11 is 0. The second-order valence-corrected chi connectivity index (χ2v) is 5.25. The minimum absolute atomic E-state index is 0.188. The van der Waals surface area contributed by atoms with Crippen molar-refractivity contribution in [3.8, 4) is 11.5 Å². The van der Waals surface area contributed by atoms with Crippen LogP contribution >= 0.6 is 0 Å². The van der Waals surface area contributed by atoms with E-state index in [0.717, 1.165) is 41.1 Å². The minimum Gasteiger partial charge on any atom is -0.454 e. The van der Waals surface area contributed by atoms with Crippen LogP contribution in [0.15, 0.2) is 24.4 Å². The molecule has 0 radical (unpaired) electrons. The first-order valence-electron chi connectivity index (χ1n) is 6.80. The molecule has 1 aromatic carbocycles. The summed E-state index contributed by atoms with van der Waals surface area (Å²) in [6.45, 7) is 3.18. The summed E-state index contributed by atoms with van der Waals surface area (Å²) in [4.78, 5) is 6.63. The Kier molecular flexibility index (Phi) is 3.36. The fourth-order valence-corrected chi connectivity index (χ4v) is 2.35. The molecule has 1 aromatic heterocycles. The summed E-state index contributed by atoms with van der Waals surface area (Å²) in [6.07, 6.45) is 2.75. The number of rotatable bonds is 4. The third-order valence-electron chi connectivity index (χ3n) is 3.52. The summed E-state index contributed by atoms with van der Waals surface area (Å²) in [5.41, 5.74) is 5.82. The number of hydrogen-bond donors (Lipinski definition) is 1. The van der Waals surface area contributed by atoms with Gasteiger partial charge in [-0.25, -0.2) is 4.98 Å². The largest absolute Gasteiger partial charge is 0.454 e. The van der Waals surface area contributed by atoms with Gasteiger partial charge >= 0.3 is 0 Å². The number of anilines is 1. The quantitative estimate of drug-likeness (QED) is 0.924. The molecule has 2 heterocycles. The van der Waals surface area contributed by atoms with E-state index < -0.39 is 0 Å². The van der Waals surface area contributed by atoms with Gasteiger partial charge in [-0.1, -0.05) is 0 Å². The van der Waals surface area contributed by atoms with Gasteiger partial charge in [-0.15, -0.1) is 0 Å². The monoisotopic (exact) mass is 273 g/mol. The number of ether oxygens (including phenoxy) is 2. The van der Waals surface area contributed by atoms with Gasteiger partial charge in [-0.05, 0) is 36.9 Å². The second kappa shape index (κ2) is 5.17. The van der Waals surface area contributed by atoms with Gasteiger partial charge < -0.3 is 20.1 Å². The first kappa shape index (κ1) is 13.0. The Morgan fingerprint density at radius 3 is 2.85 bits per heavy atom. The lowest BCUT2D eigenvalue weighted by Crippen LogP contribution is -2.26. The van der Waals surface area contributed by atoms with E-state index >= 15 is 0 Å². The Morgan fingerprint density at radius 1 is 1.35 bits per heavy atom. The molecule has 1 aliphatic heterocycles. The zero-order valence-electron chi connectivity index (χ0n) is 11.8. The van der Waals surface area contributed by atoms with Crippen molar-refractivity contribution < 1.29 is 9.47 Å². The first-order chi connectivity index (χ1) is 9.65. The van der Waals surface area contributed by atoms with E-state index in [9.17, 15) is 0 Å². The lowest BCUT2D eigenvalue weighted by molar-refractivity contribution is 0.174. The maximum atomic E-state index is 5.82. The molecule has 2 N–H and O–H groups in total. The van der Waals surface area contributed by atoms with Crippen LogP contribution in [0.3, 0.4) is 0 Å². The van der Waals surface area contributed by atoms with Crippen molar-refractivity contribution in [3.05, 3.63) is 24.4 Å². The SMILES string of the molecule is CC(N)CCN(C)c1nccc2cc3c(cc12)OCO3. The van der Waals surface area contributed by atoms with Gasteiger partial charge in [0, 0.05) is 31.2 Å². The van der Waals surface area contributed by atoms with Crippen LogP contribution < -0.4 is 20.1 Å². The normalized spacial score (nSPS) is 14.6. The standard InChI is InChI=1S/C15H19N3O2/c1-10(16)4-6-18(2)15-12-8-14-13(19-9-20-14)7-11(12)3-5-17-15/h3,5,7-8,10H,4,6,9,16H2,1-2H3. The molecule has 0 aliphatic carbocycles. The average molecular weight is 273 g/mol. The van der Waals surface area contributed by atoms with Crippen LogP contribution in [0.25, 0.3) is 10.8 Å². The van der Waals surface area contributed by atoms with Gasteiger partial charge in [-0.3, -0.25) is 0 Å². The molecule has 0 saturated heterocycles. The van der Waals surface area contributed by atoms with Gasteiger partial charge in [-0.2, -0.15) is 0 Å². The number of nitrogens with zero attached hydrogens (tertiary/aromatic N) is 2. The van der Waals surface area contributed by atoms with E-state index in [0.29, 0.717) is 0 Å². The number of aromatic nitrogens is 1. The first-order valence-corrected chi connectivity index (χ1v) is 6.80. The van der Waals surface area contributed by atoms with Crippen molar-refractivity contribution in [2.45, 2.75) is 19.4 Å². The zero-order chi connectivity index (χ0) is 14.1. The summed E-state index contributed by atoms with van der Waals surface area (Å²) in [7, 11) is 2.04. The van der Waals surface area contributed by atoms with E-state index in [1.807, 2.05) is 38.4 Å².